The summed E-state index contributed by atoms with van der Waals surface area (Å²) in [6, 6.07) is 18.7. The Kier molecular flexibility index (Phi) is 3.60. The van der Waals surface area contributed by atoms with Crippen molar-refractivity contribution in [3.63, 3.8) is 0 Å². The molecule has 0 aliphatic carbocycles. The maximum atomic E-state index is 10.9. The van der Waals surface area contributed by atoms with Crippen molar-refractivity contribution in [3.05, 3.63) is 60.2 Å². The van der Waals surface area contributed by atoms with Crippen LogP contribution in [-0.2, 0) is 5.60 Å². The van der Waals surface area contributed by atoms with E-state index in [-0.39, 0.29) is 0 Å². The third-order valence-corrected chi connectivity index (χ3v) is 4.32. The van der Waals surface area contributed by atoms with Crippen LogP contribution < -0.4 is 0 Å². The van der Waals surface area contributed by atoms with Gasteiger partial charge < -0.3 is 10.0 Å². The van der Waals surface area contributed by atoms with Crippen molar-refractivity contribution >= 4 is 0 Å². The average molecular weight is 267 g/mol. The molecule has 2 nitrogen and oxygen atoms in total. The fourth-order valence-corrected chi connectivity index (χ4v) is 2.90. The minimum Gasteiger partial charge on any atom is -0.385 e. The molecule has 0 bridgehead atoms. The summed E-state index contributed by atoms with van der Waals surface area (Å²) in [6.45, 7) is 1.90. The minimum atomic E-state index is -0.669. The van der Waals surface area contributed by atoms with Gasteiger partial charge in [0.15, 0.2) is 0 Å². The van der Waals surface area contributed by atoms with Gasteiger partial charge in [-0.1, -0.05) is 48.5 Å². The number of rotatable bonds is 2. The Morgan fingerprint density at radius 1 is 0.900 bits per heavy atom. The van der Waals surface area contributed by atoms with Crippen LogP contribution in [0.2, 0.25) is 0 Å². The summed E-state index contributed by atoms with van der Waals surface area (Å²) in [5.41, 5.74) is 2.75. The first-order valence-electron chi connectivity index (χ1n) is 7.24. The molecule has 1 aliphatic heterocycles. The SMILES string of the molecule is CN1CCC(O)(c2cccc(-c3ccccc3)c2)CC1. The number of likely N-dealkylation sites (tertiary alicyclic amines) is 1. The molecule has 1 heterocycles. The normalized spacial score (nSPS) is 18.9. The van der Waals surface area contributed by atoms with Gasteiger partial charge in [0, 0.05) is 13.1 Å². The van der Waals surface area contributed by atoms with Gasteiger partial charge in [-0.25, -0.2) is 0 Å². The number of nitrogens with zero attached hydrogens (tertiary/aromatic N) is 1. The topological polar surface area (TPSA) is 23.5 Å². The molecular formula is C18H21NO. The molecule has 2 aromatic carbocycles. The largest absolute Gasteiger partial charge is 0.385 e. The van der Waals surface area contributed by atoms with Crippen LogP contribution in [0.1, 0.15) is 18.4 Å². The molecule has 0 amide bonds. The molecule has 2 heteroatoms. The van der Waals surface area contributed by atoms with Crippen molar-refractivity contribution in [2.45, 2.75) is 18.4 Å². The predicted molar refractivity (Wildman–Crippen MR) is 82.5 cm³/mol. The van der Waals surface area contributed by atoms with Gasteiger partial charge in [-0.05, 0) is 42.6 Å². The molecule has 0 atom stereocenters. The molecule has 1 saturated heterocycles. The Morgan fingerprint density at radius 3 is 2.25 bits per heavy atom. The summed E-state index contributed by atoms with van der Waals surface area (Å²) in [7, 11) is 2.11. The lowest BCUT2D eigenvalue weighted by molar-refractivity contribution is -0.0202. The van der Waals surface area contributed by atoms with Crippen molar-refractivity contribution in [3.8, 4) is 11.1 Å². The van der Waals surface area contributed by atoms with Crippen molar-refractivity contribution in [1.82, 2.24) is 4.90 Å². The van der Waals surface area contributed by atoms with Crippen molar-refractivity contribution < 1.29 is 5.11 Å². The predicted octanol–water partition coefficient (Wildman–Crippen LogP) is 3.27. The molecule has 3 rings (SSSR count). The summed E-state index contributed by atoms with van der Waals surface area (Å²) in [5.74, 6) is 0. The van der Waals surface area contributed by atoms with Crippen LogP contribution in [-0.4, -0.2) is 30.1 Å². The van der Waals surface area contributed by atoms with Gasteiger partial charge in [0.2, 0.25) is 0 Å². The number of benzene rings is 2. The monoisotopic (exact) mass is 267 g/mol. The third kappa shape index (κ3) is 2.62. The van der Waals surface area contributed by atoms with E-state index < -0.39 is 5.60 Å². The molecule has 0 spiro atoms. The van der Waals surface area contributed by atoms with Gasteiger partial charge in [0.1, 0.15) is 0 Å². The molecule has 0 radical (unpaired) electrons. The molecule has 0 saturated carbocycles. The maximum absolute atomic E-state index is 10.9. The number of hydrogen-bond donors (Lipinski definition) is 1. The van der Waals surface area contributed by atoms with E-state index in [4.69, 9.17) is 0 Å². The molecule has 1 aliphatic rings. The van der Waals surface area contributed by atoms with Gasteiger partial charge in [-0.15, -0.1) is 0 Å². The summed E-state index contributed by atoms with van der Waals surface area (Å²) in [5, 5.41) is 10.9. The van der Waals surface area contributed by atoms with Crippen molar-refractivity contribution in [2.75, 3.05) is 20.1 Å². The second-order valence-corrected chi connectivity index (χ2v) is 5.78. The van der Waals surface area contributed by atoms with E-state index in [1.807, 2.05) is 24.3 Å². The van der Waals surface area contributed by atoms with Crippen LogP contribution in [0.5, 0.6) is 0 Å². The quantitative estimate of drug-likeness (QED) is 0.902. The van der Waals surface area contributed by atoms with Gasteiger partial charge in [-0.2, -0.15) is 0 Å². The second kappa shape index (κ2) is 5.39. The fraction of sp³-hybridized carbons (Fsp3) is 0.333. The zero-order chi connectivity index (χ0) is 14.0. The Bertz CT molecular complexity index is 571. The zero-order valence-corrected chi connectivity index (χ0v) is 11.9. The van der Waals surface area contributed by atoms with Gasteiger partial charge >= 0.3 is 0 Å². The van der Waals surface area contributed by atoms with E-state index in [1.54, 1.807) is 0 Å². The first-order valence-corrected chi connectivity index (χ1v) is 7.24. The van der Waals surface area contributed by atoms with Gasteiger partial charge in [0.05, 0.1) is 5.60 Å². The first kappa shape index (κ1) is 13.3. The minimum absolute atomic E-state index is 0.669. The van der Waals surface area contributed by atoms with Crippen molar-refractivity contribution in [2.24, 2.45) is 0 Å². The third-order valence-electron chi connectivity index (χ3n) is 4.32. The Balaban J connectivity index is 1.92. The van der Waals surface area contributed by atoms with E-state index in [0.29, 0.717) is 0 Å². The number of piperidine rings is 1. The highest BCUT2D eigenvalue weighted by Gasteiger charge is 2.32. The molecule has 2 aromatic rings. The lowest BCUT2D eigenvalue weighted by Gasteiger charge is -2.37. The maximum Gasteiger partial charge on any atom is 0.0921 e. The Labute approximate surface area is 120 Å². The van der Waals surface area contributed by atoms with Gasteiger partial charge in [0.25, 0.3) is 0 Å². The van der Waals surface area contributed by atoms with E-state index in [9.17, 15) is 5.11 Å². The van der Waals surface area contributed by atoms with Crippen LogP contribution in [0.3, 0.4) is 0 Å². The Morgan fingerprint density at radius 2 is 1.55 bits per heavy atom. The fourth-order valence-electron chi connectivity index (χ4n) is 2.90. The molecule has 20 heavy (non-hydrogen) atoms. The van der Waals surface area contributed by atoms with E-state index in [1.165, 1.54) is 11.1 Å². The Hall–Kier alpha value is -1.64. The smallest absolute Gasteiger partial charge is 0.0921 e. The summed E-state index contributed by atoms with van der Waals surface area (Å²) >= 11 is 0. The summed E-state index contributed by atoms with van der Waals surface area (Å²) in [6.07, 6.45) is 1.61. The summed E-state index contributed by atoms with van der Waals surface area (Å²) < 4.78 is 0. The van der Waals surface area contributed by atoms with E-state index in [2.05, 4.69) is 42.3 Å². The van der Waals surface area contributed by atoms with Crippen LogP contribution in [0.25, 0.3) is 11.1 Å². The zero-order valence-electron chi connectivity index (χ0n) is 11.9. The van der Waals surface area contributed by atoms with Crippen LogP contribution in [0.15, 0.2) is 54.6 Å². The number of hydrogen-bond acceptors (Lipinski definition) is 2. The van der Waals surface area contributed by atoms with E-state index in [0.717, 1.165) is 31.5 Å². The van der Waals surface area contributed by atoms with Crippen LogP contribution in [0.4, 0.5) is 0 Å². The highest BCUT2D eigenvalue weighted by molar-refractivity contribution is 5.64. The molecule has 0 aromatic heterocycles. The van der Waals surface area contributed by atoms with Gasteiger partial charge in [-0.3, -0.25) is 0 Å². The molecule has 1 N–H and O–H groups in total. The molecule has 104 valence electrons. The molecule has 1 fully saturated rings. The van der Waals surface area contributed by atoms with Crippen molar-refractivity contribution in [1.29, 1.82) is 0 Å². The van der Waals surface area contributed by atoms with Crippen LogP contribution >= 0.6 is 0 Å². The first-order chi connectivity index (χ1) is 9.67. The lowest BCUT2D eigenvalue weighted by Crippen LogP contribution is -2.40. The lowest BCUT2D eigenvalue weighted by atomic mass is 9.83. The van der Waals surface area contributed by atoms with Crippen LogP contribution in [0, 0.1) is 0 Å². The number of aliphatic hydroxyl groups is 1. The van der Waals surface area contributed by atoms with E-state index >= 15 is 0 Å². The highest BCUT2D eigenvalue weighted by atomic mass is 16.3. The molecule has 0 unspecified atom stereocenters. The molecular weight excluding hydrogens is 246 g/mol. The second-order valence-electron chi connectivity index (χ2n) is 5.78. The standard InChI is InChI=1S/C18H21NO/c1-19-12-10-18(20,11-13-19)17-9-5-8-16(14-17)15-6-3-2-4-7-15/h2-9,14,20H,10-13H2,1H3. The highest BCUT2D eigenvalue weighted by Crippen LogP contribution is 2.34. The average Bonchev–Trinajstić information content (AvgIpc) is 2.51. The summed E-state index contributed by atoms with van der Waals surface area (Å²) in [4.78, 5) is 2.27.